The van der Waals surface area contributed by atoms with Gasteiger partial charge in [0.05, 0.1) is 30.4 Å². The Bertz CT molecular complexity index is 441. The van der Waals surface area contributed by atoms with Crippen LogP contribution in [-0.4, -0.2) is 41.5 Å². The van der Waals surface area contributed by atoms with Gasteiger partial charge in [-0.15, -0.1) is 0 Å². The summed E-state index contributed by atoms with van der Waals surface area (Å²) in [5, 5.41) is 31.0. The van der Waals surface area contributed by atoms with Crippen molar-refractivity contribution in [1.82, 2.24) is 0 Å². The lowest BCUT2D eigenvalue weighted by molar-refractivity contribution is -0.387. The molecule has 0 aliphatic carbocycles. The van der Waals surface area contributed by atoms with E-state index < -0.39 is 29.1 Å². The van der Waals surface area contributed by atoms with E-state index in [0.29, 0.717) is 0 Å². The summed E-state index contributed by atoms with van der Waals surface area (Å²) in [6.45, 7) is -0.506. The van der Waals surface area contributed by atoms with Gasteiger partial charge in [0.2, 0.25) is 5.82 Å². The van der Waals surface area contributed by atoms with Crippen LogP contribution in [0, 0.1) is 15.9 Å². The first-order chi connectivity index (χ1) is 8.49. The maximum absolute atomic E-state index is 13.3. The molecule has 1 aromatic rings. The van der Waals surface area contributed by atoms with E-state index in [9.17, 15) is 14.5 Å². The molecule has 1 unspecified atom stereocenters. The van der Waals surface area contributed by atoms with Gasteiger partial charge in [0.1, 0.15) is 5.75 Å². The molecule has 1 atom stereocenters. The minimum absolute atomic E-state index is 0.0460. The van der Waals surface area contributed by atoms with Crippen molar-refractivity contribution in [2.24, 2.45) is 0 Å². The van der Waals surface area contributed by atoms with Crippen LogP contribution in [-0.2, 0) is 0 Å². The first-order valence-electron chi connectivity index (χ1n) is 5.04. The number of aliphatic hydroxyl groups excluding tert-OH is 2. The Balaban J connectivity index is 3.00. The van der Waals surface area contributed by atoms with E-state index in [4.69, 9.17) is 14.9 Å². The minimum Gasteiger partial charge on any atom is -0.494 e. The van der Waals surface area contributed by atoms with Crippen molar-refractivity contribution in [3.8, 4) is 5.75 Å². The van der Waals surface area contributed by atoms with E-state index >= 15 is 0 Å². The molecule has 7 nitrogen and oxygen atoms in total. The molecular weight excluding hydrogens is 247 g/mol. The highest BCUT2D eigenvalue weighted by Gasteiger charge is 2.19. The van der Waals surface area contributed by atoms with Crippen molar-refractivity contribution in [2.45, 2.75) is 6.10 Å². The third kappa shape index (κ3) is 3.28. The van der Waals surface area contributed by atoms with Gasteiger partial charge in [0.15, 0.2) is 0 Å². The van der Waals surface area contributed by atoms with E-state index in [0.717, 1.165) is 12.1 Å². The number of hydrogen-bond donors (Lipinski definition) is 3. The van der Waals surface area contributed by atoms with Crippen molar-refractivity contribution in [3.63, 3.8) is 0 Å². The number of hydrogen-bond acceptors (Lipinski definition) is 6. The number of methoxy groups -OCH3 is 1. The topological polar surface area (TPSA) is 105 Å². The van der Waals surface area contributed by atoms with Gasteiger partial charge in [0.25, 0.3) is 0 Å². The van der Waals surface area contributed by atoms with E-state index in [2.05, 4.69) is 5.32 Å². The fraction of sp³-hybridized carbons (Fsp3) is 0.400. The predicted octanol–water partition coefficient (Wildman–Crippen LogP) is 0.508. The molecule has 0 aliphatic heterocycles. The highest BCUT2D eigenvalue weighted by molar-refractivity contribution is 5.62. The minimum atomic E-state index is -1.03. The lowest BCUT2D eigenvalue weighted by Gasteiger charge is -2.13. The van der Waals surface area contributed by atoms with Crippen molar-refractivity contribution >= 4 is 11.4 Å². The molecule has 0 bridgehead atoms. The molecule has 0 aliphatic rings. The van der Waals surface area contributed by atoms with Crippen LogP contribution in [0.4, 0.5) is 15.8 Å². The molecule has 8 heteroatoms. The molecule has 0 saturated heterocycles. The van der Waals surface area contributed by atoms with Gasteiger partial charge in [-0.2, -0.15) is 4.39 Å². The van der Waals surface area contributed by atoms with Crippen LogP contribution in [0.3, 0.4) is 0 Å². The average Bonchev–Trinajstić information content (AvgIpc) is 2.35. The van der Waals surface area contributed by atoms with Crippen LogP contribution in [0.1, 0.15) is 0 Å². The van der Waals surface area contributed by atoms with Crippen LogP contribution in [0.5, 0.6) is 5.75 Å². The third-order valence-electron chi connectivity index (χ3n) is 2.20. The summed E-state index contributed by atoms with van der Waals surface area (Å²) in [5.41, 5.74) is -0.533. The van der Waals surface area contributed by atoms with Gasteiger partial charge < -0.3 is 20.3 Å². The number of halogens is 1. The Kier molecular flexibility index (Phi) is 4.81. The first-order valence-corrected chi connectivity index (χ1v) is 5.04. The molecule has 1 rings (SSSR count). The molecular formula is C10H13FN2O5. The van der Waals surface area contributed by atoms with Crippen molar-refractivity contribution in [2.75, 3.05) is 25.6 Å². The maximum Gasteiger partial charge on any atom is 0.307 e. The van der Waals surface area contributed by atoms with Crippen molar-refractivity contribution < 1.29 is 24.3 Å². The number of nitrogens with one attached hydrogen (secondary N) is 1. The SMILES string of the molecule is COc1cc(F)c([N+](=O)[O-])cc1NCC(O)CO. The molecule has 0 aromatic heterocycles. The van der Waals surface area contributed by atoms with Gasteiger partial charge >= 0.3 is 5.69 Å². The number of nitro benzene ring substituents is 1. The van der Waals surface area contributed by atoms with Crippen molar-refractivity contribution in [1.29, 1.82) is 0 Å². The second-order valence-electron chi connectivity index (χ2n) is 3.48. The van der Waals surface area contributed by atoms with Crippen molar-refractivity contribution in [3.05, 3.63) is 28.1 Å². The Hall–Kier alpha value is -1.93. The van der Waals surface area contributed by atoms with Gasteiger partial charge in [-0.25, -0.2) is 0 Å². The summed E-state index contributed by atoms with van der Waals surface area (Å²) in [4.78, 5) is 9.72. The summed E-state index contributed by atoms with van der Waals surface area (Å²) < 4.78 is 18.2. The van der Waals surface area contributed by atoms with E-state index in [1.807, 2.05) is 0 Å². The Labute approximate surface area is 102 Å². The zero-order valence-corrected chi connectivity index (χ0v) is 9.59. The quantitative estimate of drug-likeness (QED) is 0.508. The summed E-state index contributed by atoms with van der Waals surface area (Å²) in [6, 6.07) is 1.85. The molecule has 0 heterocycles. The molecule has 0 spiro atoms. The Morgan fingerprint density at radius 3 is 2.78 bits per heavy atom. The normalized spacial score (nSPS) is 12.0. The number of nitro groups is 1. The number of rotatable bonds is 6. The number of anilines is 1. The maximum atomic E-state index is 13.3. The highest BCUT2D eigenvalue weighted by atomic mass is 19.1. The standard InChI is InChI=1S/C10H13FN2O5/c1-18-10-2-7(11)9(13(16)17)3-8(10)12-4-6(15)5-14/h2-3,6,12,14-15H,4-5H2,1H3. The number of benzene rings is 1. The molecule has 3 N–H and O–H groups in total. The third-order valence-corrected chi connectivity index (χ3v) is 2.20. The monoisotopic (exact) mass is 260 g/mol. The lowest BCUT2D eigenvalue weighted by Crippen LogP contribution is -2.23. The van der Waals surface area contributed by atoms with E-state index in [1.54, 1.807) is 0 Å². The highest BCUT2D eigenvalue weighted by Crippen LogP contribution is 2.31. The number of ether oxygens (including phenoxy) is 1. The Morgan fingerprint density at radius 1 is 1.61 bits per heavy atom. The average molecular weight is 260 g/mol. The molecule has 18 heavy (non-hydrogen) atoms. The number of aliphatic hydroxyl groups is 2. The molecule has 100 valence electrons. The smallest absolute Gasteiger partial charge is 0.307 e. The summed E-state index contributed by atoms with van der Waals surface area (Å²) in [5.74, 6) is -0.937. The zero-order chi connectivity index (χ0) is 13.7. The summed E-state index contributed by atoms with van der Waals surface area (Å²) >= 11 is 0. The lowest BCUT2D eigenvalue weighted by atomic mass is 10.2. The first kappa shape index (κ1) is 14.1. The van der Waals surface area contributed by atoms with Crippen LogP contribution >= 0.6 is 0 Å². The second-order valence-corrected chi connectivity index (χ2v) is 3.48. The molecule has 0 amide bonds. The largest absolute Gasteiger partial charge is 0.494 e. The van der Waals surface area contributed by atoms with Crippen LogP contribution in [0.2, 0.25) is 0 Å². The molecule has 0 radical (unpaired) electrons. The second kappa shape index (κ2) is 6.12. The van der Waals surface area contributed by atoms with Gasteiger partial charge in [-0.3, -0.25) is 10.1 Å². The predicted molar refractivity (Wildman–Crippen MR) is 61.2 cm³/mol. The zero-order valence-electron chi connectivity index (χ0n) is 9.59. The molecule has 1 aromatic carbocycles. The van der Waals surface area contributed by atoms with Crippen LogP contribution in [0.25, 0.3) is 0 Å². The fourth-order valence-electron chi connectivity index (χ4n) is 1.28. The molecule has 0 saturated carbocycles. The molecule has 0 fully saturated rings. The fourth-order valence-corrected chi connectivity index (χ4v) is 1.28. The Morgan fingerprint density at radius 2 is 2.28 bits per heavy atom. The van der Waals surface area contributed by atoms with E-state index in [1.165, 1.54) is 7.11 Å². The van der Waals surface area contributed by atoms with Gasteiger partial charge in [0, 0.05) is 18.7 Å². The van der Waals surface area contributed by atoms with Crippen LogP contribution < -0.4 is 10.1 Å². The number of nitrogens with zero attached hydrogens (tertiary/aromatic N) is 1. The summed E-state index contributed by atoms with van der Waals surface area (Å²) in [7, 11) is 1.29. The summed E-state index contributed by atoms with van der Waals surface area (Å²) in [6.07, 6.45) is -1.03. The van der Waals surface area contributed by atoms with E-state index in [-0.39, 0.29) is 18.0 Å². The van der Waals surface area contributed by atoms with Crippen LogP contribution in [0.15, 0.2) is 12.1 Å². The van der Waals surface area contributed by atoms with Gasteiger partial charge in [-0.05, 0) is 0 Å². The van der Waals surface area contributed by atoms with Gasteiger partial charge in [-0.1, -0.05) is 0 Å².